The molecule has 7 heteroatoms. The average Bonchev–Trinajstić information content (AvgIpc) is 3.16. The standard InChI is InChI=1S/C21H17N3O4/c1-27-19-11-10-14(21-22-16-6-2-3-7-17(16)23-21)12-15(19)13-28-20-9-5-4-8-18(20)24(25)26/h2-12H,13H2,1H3,(H,22,23). The first kappa shape index (κ1) is 17.5. The number of rotatable bonds is 6. The summed E-state index contributed by atoms with van der Waals surface area (Å²) in [6.07, 6.45) is 0. The number of hydrogen-bond acceptors (Lipinski definition) is 5. The van der Waals surface area contributed by atoms with E-state index < -0.39 is 4.92 Å². The fourth-order valence-corrected chi connectivity index (χ4v) is 3.01. The van der Waals surface area contributed by atoms with Crippen molar-refractivity contribution in [1.29, 1.82) is 0 Å². The summed E-state index contributed by atoms with van der Waals surface area (Å²) in [5.41, 5.74) is 3.39. The van der Waals surface area contributed by atoms with Crippen LogP contribution in [-0.4, -0.2) is 22.0 Å². The van der Waals surface area contributed by atoms with Gasteiger partial charge in [-0.3, -0.25) is 10.1 Å². The van der Waals surface area contributed by atoms with Crippen LogP contribution in [0.1, 0.15) is 5.56 Å². The van der Waals surface area contributed by atoms with E-state index in [-0.39, 0.29) is 18.0 Å². The van der Waals surface area contributed by atoms with E-state index in [2.05, 4.69) is 9.97 Å². The number of nitro groups is 1. The summed E-state index contributed by atoms with van der Waals surface area (Å²) in [5.74, 6) is 1.58. The number of methoxy groups -OCH3 is 1. The van der Waals surface area contributed by atoms with Gasteiger partial charge in [0.1, 0.15) is 18.2 Å². The molecule has 0 fully saturated rings. The molecule has 0 aliphatic heterocycles. The molecule has 0 radical (unpaired) electrons. The molecule has 0 saturated carbocycles. The second-order valence-corrected chi connectivity index (χ2v) is 6.14. The Morgan fingerprint density at radius 3 is 2.61 bits per heavy atom. The predicted octanol–water partition coefficient (Wildman–Crippen LogP) is 4.73. The monoisotopic (exact) mass is 375 g/mol. The molecule has 140 valence electrons. The third-order valence-electron chi connectivity index (χ3n) is 4.39. The van der Waals surface area contributed by atoms with E-state index in [1.165, 1.54) is 6.07 Å². The number of nitrogens with zero attached hydrogens (tertiary/aromatic N) is 2. The number of nitro benzene ring substituents is 1. The first-order valence-electron chi connectivity index (χ1n) is 8.64. The Morgan fingerprint density at radius 2 is 1.82 bits per heavy atom. The minimum atomic E-state index is -0.461. The molecule has 4 rings (SSSR count). The Balaban J connectivity index is 1.65. The number of benzene rings is 3. The first-order chi connectivity index (χ1) is 13.7. The lowest BCUT2D eigenvalue weighted by atomic mass is 10.1. The van der Waals surface area contributed by atoms with Crippen molar-refractivity contribution in [3.63, 3.8) is 0 Å². The number of H-pyrrole nitrogens is 1. The lowest BCUT2D eigenvalue weighted by Crippen LogP contribution is -2.01. The van der Waals surface area contributed by atoms with Gasteiger partial charge in [0.15, 0.2) is 5.75 Å². The van der Waals surface area contributed by atoms with Crippen molar-refractivity contribution >= 4 is 16.7 Å². The highest BCUT2D eigenvalue weighted by Crippen LogP contribution is 2.30. The summed E-state index contributed by atoms with van der Waals surface area (Å²) in [6, 6.07) is 19.7. The predicted molar refractivity (Wildman–Crippen MR) is 106 cm³/mol. The van der Waals surface area contributed by atoms with Crippen LogP contribution in [-0.2, 0) is 6.61 Å². The van der Waals surface area contributed by atoms with Gasteiger partial charge < -0.3 is 14.5 Å². The second-order valence-electron chi connectivity index (χ2n) is 6.14. The van der Waals surface area contributed by atoms with Crippen LogP contribution in [0.25, 0.3) is 22.4 Å². The molecule has 0 amide bonds. The van der Waals surface area contributed by atoms with E-state index in [1.54, 1.807) is 25.3 Å². The van der Waals surface area contributed by atoms with Gasteiger partial charge in [0.25, 0.3) is 0 Å². The number of aromatic nitrogens is 2. The minimum Gasteiger partial charge on any atom is -0.496 e. The molecule has 0 saturated heterocycles. The number of nitrogens with one attached hydrogen (secondary N) is 1. The van der Waals surface area contributed by atoms with Crippen LogP contribution < -0.4 is 9.47 Å². The van der Waals surface area contributed by atoms with E-state index in [0.717, 1.165) is 28.0 Å². The molecule has 28 heavy (non-hydrogen) atoms. The second kappa shape index (κ2) is 7.40. The van der Waals surface area contributed by atoms with Gasteiger partial charge in [-0.05, 0) is 36.4 Å². The lowest BCUT2D eigenvalue weighted by Gasteiger charge is -2.11. The zero-order valence-corrected chi connectivity index (χ0v) is 15.1. The quantitative estimate of drug-likeness (QED) is 0.389. The summed E-state index contributed by atoms with van der Waals surface area (Å²) in [6.45, 7) is 0.127. The normalized spacial score (nSPS) is 10.8. The van der Waals surface area contributed by atoms with Crippen molar-refractivity contribution in [2.75, 3.05) is 7.11 Å². The summed E-state index contributed by atoms with van der Waals surface area (Å²) in [5, 5.41) is 11.2. The first-order valence-corrected chi connectivity index (χ1v) is 8.64. The maximum Gasteiger partial charge on any atom is 0.310 e. The topological polar surface area (TPSA) is 90.3 Å². The van der Waals surface area contributed by atoms with Crippen LogP contribution in [0.5, 0.6) is 11.5 Å². The summed E-state index contributed by atoms with van der Waals surface area (Å²) >= 11 is 0. The number of para-hydroxylation sites is 4. The number of aromatic amines is 1. The molecule has 1 aromatic heterocycles. The molecule has 7 nitrogen and oxygen atoms in total. The fourth-order valence-electron chi connectivity index (χ4n) is 3.01. The lowest BCUT2D eigenvalue weighted by molar-refractivity contribution is -0.385. The van der Waals surface area contributed by atoms with Gasteiger partial charge in [0.2, 0.25) is 0 Å². The Labute approximate surface area is 160 Å². The SMILES string of the molecule is COc1ccc(-c2nc3ccccc3[nH]2)cc1COc1ccccc1[N+](=O)[O-]. The van der Waals surface area contributed by atoms with Crippen molar-refractivity contribution in [3.8, 4) is 22.9 Å². The highest BCUT2D eigenvalue weighted by Gasteiger charge is 2.15. The molecule has 0 atom stereocenters. The van der Waals surface area contributed by atoms with Gasteiger partial charge in [-0.2, -0.15) is 0 Å². The van der Waals surface area contributed by atoms with E-state index in [9.17, 15) is 10.1 Å². The van der Waals surface area contributed by atoms with Crippen LogP contribution >= 0.6 is 0 Å². The Hall–Kier alpha value is -3.87. The molecule has 0 aliphatic rings. The molecule has 0 aliphatic carbocycles. The van der Waals surface area contributed by atoms with Gasteiger partial charge in [-0.15, -0.1) is 0 Å². The van der Waals surface area contributed by atoms with Crippen LogP contribution in [0.4, 0.5) is 5.69 Å². The van der Waals surface area contributed by atoms with Crippen molar-refractivity contribution in [2.24, 2.45) is 0 Å². The van der Waals surface area contributed by atoms with Crippen molar-refractivity contribution in [1.82, 2.24) is 9.97 Å². The molecule has 1 heterocycles. The molecule has 0 unspecified atom stereocenters. The van der Waals surface area contributed by atoms with Crippen molar-refractivity contribution in [2.45, 2.75) is 6.61 Å². The van der Waals surface area contributed by atoms with E-state index in [4.69, 9.17) is 9.47 Å². The zero-order valence-electron chi connectivity index (χ0n) is 15.1. The van der Waals surface area contributed by atoms with Gasteiger partial charge >= 0.3 is 5.69 Å². The fraction of sp³-hybridized carbons (Fsp3) is 0.0952. The van der Waals surface area contributed by atoms with E-state index in [1.807, 2.05) is 42.5 Å². The summed E-state index contributed by atoms with van der Waals surface area (Å²) in [4.78, 5) is 18.6. The molecular formula is C21H17N3O4. The Bertz CT molecular complexity index is 1120. The van der Waals surface area contributed by atoms with Crippen molar-refractivity contribution < 1.29 is 14.4 Å². The van der Waals surface area contributed by atoms with Gasteiger partial charge in [0, 0.05) is 17.2 Å². The Morgan fingerprint density at radius 1 is 1.04 bits per heavy atom. The minimum absolute atomic E-state index is 0.0742. The average molecular weight is 375 g/mol. The van der Waals surface area contributed by atoms with Gasteiger partial charge in [-0.1, -0.05) is 24.3 Å². The number of fused-ring (bicyclic) bond motifs is 1. The van der Waals surface area contributed by atoms with Gasteiger partial charge in [-0.25, -0.2) is 4.98 Å². The molecular weight excluding hydrogens is 358 g/mol. The van der Waals surface area contributed by atoms with Crippen LogP contribution in [0.15, 0.2) is 66.7 Å². The third-order valence-corrected chi connectivity index (χ3v) is 4.39. The summed E-state index contributed by atoms with van der Waals surface area (Å²) in [7, 11) is 1.57. The molecule has 3 aromatic carbocycles. The molecule has 4 aromatic rings. The number of hydrogen-bond donors (Lipinski definition) is 1. The van der Waals surface area contributed by atoms with E-state index >= 15 is 0 Å². The zero-order chi connectivity index (χ0) is 19.5. The smallest absolute Gasteiger partial charge is 0.310 e. The van der Waals surface area contributed by atoms with Gasteiger partial charge in [0.05, 0.1) is 23.1 Å². The van der Waals surface area contributed by atoms with Crippen molar-refractivity contribution in [3.05, 3.63) is 82.4 Å². The molecule has 0 spiro atoms. The van der Waals surface area contributed by atoms with Crippen LogP contribution in [0, 0.1) is 10.1 Å². The number of imidazole rings is 1. The van der Waals surface area contributed by atoms with Crippen LogP contribution in [0.3, 0.4) is 0 Å². The highest BCUT2D eigenvalue weighted by molar-refractivity contribution is 5.79. The maximum atomic E-state index is 11.2. The van der Waals surface area contributed by atoms with E-state index in [0.29, 0.717) is 5.75 Å². The molecule has 1 N–H and O–H groups in total. The number of ether oxygens (including phenoxy) is 2. The molecule has 0 bridgehead atoms. The van der Waals surface area contributed by atoms with Crippen LogP contribution in [0.2, 0.25) is 0 Å². The third kappa shape index (κ3) is 3.37. The summed E-state index contributed by atoms with van der Waals surface area (Å²) < 4.78 is 11.1. The maximum absolute atomic E-state index is 11.2. The highest BCUT2D eigenvalue weighted by atomic mass is 16.6. The Kier molecular flexibility index (Phi) is 4.63. The largest absolute Gasteiger partial charge is 0.496 e.